The molecule has 0 aliphatic heterocycles. The monoisotopic (exact) mass is 322 g/mol. The summed E-state index contributed by atoms with van der Waals surface area (Å²) >= 11 is 0. The van der Waals surface area contributed by atoms with Crippen LogP contribution in [0.3, 0.4) is 0 Å². The molecule has 2 amide bonds. The number of aliphatic carboxylic acids is 1. The third-order valence-electron chi connectivity index (χ3n) is 5.80. The van der Waals surface area contributed by atoms with Gasteiger partial charge in [0.05, 0.1) is 6.54 Å². The van der Waals surface area contributed by atoms with Crippen LogP contribution >= 0.6 is 0 Å². The van der Waals surface area contributed by atoms with Crippen LogP contribution in [0.5, 0.6) is 0 Å². The largest absolute Gasteiger partial charge is 0.480 e. The van der Waals surface area contributed by atoms with E-state index in [1.54, 1.807) is 0 Å². The molecule has 3 rings (SSSR count). The molecule has 4 unspecified atom stereocenters. The van der Waals surface area contributed by atoms with Gasteiger partial charge in [-0.05, 0) is 55.3 Å². The minimum absolute atomic E-state index is 0.0255. The number of rotatable bonds is 7. The van der Waals surface area contributed by atoms with E-state index in [4.69, 9.17) is 5.11 Å². The van der Waals surface area contributed by atoms with Gasteiger partial charge in [-0.3, -0.25) is 9.59 Å². The van der Waals surface area contributed by atoms with Crippen LogP contribution < -0.4 is 10.6 Å². The first-order chi connectivity index (χ1) is 10.9. The van der Waals surface area contributed by atoms with Gasteiger partial charge in [-0.15, -0.1) is 0 Å². The zero-order valence-electron chi connectivity index (χ0n) is 13.7. The highest BCUT2D eigenvalue weighted by atomic mass is 16.4. The number of fused-ring (bicyclic) bond motifs is 5. The quantitative estimate of drug-likeness (QED) is 0.652. The average molecular weight is 322 g/mol. The molecule has 0 saturated heterocycles. The smallest absolute Gasteiger partial charge is 0.326 e. The molecule has 6 nitrogen and oxygen atoms in total. The Hall–Kier alpha value is -1.59. The lowest BCUT2D eigenvalue weighted by molar-refractivity contribution is -0.142. The zero-order chi connectivity index (χ0) is 16.7. The Labute approximate surface area is 136 Å². The number of carbonyl (C=O) groups excluding carboxylic acids is 2. The van der Waals surface area contributed by atoms with Gasteiger partial charge < -0.3 is 15.7 Å². The fraction of sp³-hybridized carbons (Fsp3) is 0.824. The van der Waals surface area contributed by atoms with Crippen LogP contribution in [0.25, 0.3) is 0 Å². The van der Waals surface area contributed by atoms with E-state index >= 15 is 0 Å². The van der Waals surface area contributed by atoms with Gasteiger partial charge >= 0.3 is 5.97 Å². The summed E-state index contributed by atoms with van der Waals surface area (Å²) in [4.78, 5) is 35.3. The van der Waals surface area contributed by atoms with Crippen molar-refractivity contribution in [2.45, 2.75) is 45.6 Å². The third kappa shape index (κ3) is 3.21. The standard InChI is InChI=1S/C17H26N2O4/c1-8(2)5-11(17(22)23)19-12(20)7-18-16(21)15-13-9-3-4-10(6-9)14(13)15/h8-11,13-15H,3-7H2,1-2H3,(H,18,21)(H,19,20)(H,22,23)/t9?,10?,11-,13?,14?,15?/m0/s1. The molecular weight excluding hydrogens is 296 g/mol. The van der Waals surface area contributed by atoms with E-state index in [0.717, 1.165) is 11.8 Å². The Kier molecular flexibility index (Phi) is 4.34. The van der Waals surface area contributed by atoms with E-state index in [-0.39, 0.29) is 24.3 Å². The average Bonchev–Trinajstić information content (AvgIpc) is 2.91. The van der Waals surface area contributed by atoms with Crippen molar-refractivity contribution in [1.82, 2.24) is 10.6 Å². The second kappa shape index (κ2) is 6.13. The summed E-state index contributed by atoms with van der Waals surface area (Å²) < 4.78 is 0. The van der Waals surface area contributed by atoms with Crippen LogP contribution in [0.2, 0.25) is 0 Å². The zero-order valence-corrected chi connectivity index (χ0v) is 13.7. The Balaban J connectivity index is 1.42. The lowest BCUT2D eigenvalue weighted by Crippen LogP contribution is -2.46. The topological polar surface area (TPSA) is 95.5 Å². The molecular formula is C17H26N2O4. The normalized spacial score (nSPS) is 34.8. The molecule has 0 radical (unpaired) electrons. The minimum atomic E-state index is -1.04. The first-order valence-corrected chi connectivity index (χ1v) is 8.68. The van der Waals surface area contributed by atoms with E-state index in [0.29, 0.717) is 18.3 Å². The summed E-state index contributed by atoms with van der Waals surface area (Å²) in [5.41, 5.74) is 0. The van der Waals surface area contributed by atoms with Gasteiger partial charge in [-0.1, -0.05) is 13.8 Å². The van der Waals surface area contributed by atoms with Crippen molar-refractivity contribution in [3.8, 4) is 0 Å². The highest BCUT2D eigenvalue weighted by molar-refractivity contribution is 5.89. The highest BCUT2D eigenvalue weighted by Crippen LogP contribution is 2.69. The summed E-state index contributed by atoms with van der Waals surface area (Å²) in [6.07, 6.45) is 4.18. The molecule has 3 aliphatic rings. The summed E-state index contributed by atoms with van der Waals surface area (Å²) in [7, 11) is 0. The van der Waals surface area contributed by atoms with Crippen molar-refractivity contribution in [2.75, 3.05) is 6.54 Å². The Bertz CT molecular complexity index is 503. The molecule has 3 saturated carbocycles. The van der Waals surface area contributed by atoms with Gasteiger partial charge in [0.15, 0.2) is 0 Å². The molecule has 23 heavy (non-hydrogen) atoms. The number of amides is 2. The molecule has 2 bridgehead atoms. The van der Waals surface area contributed by atoms with Crippen LogP contribution in [0.4, 0.5) is 0 Å². The first kappa shape index (κ1) is 16.3. The predicted octanol–water partition coefficient (Wildman–Crippen LogP) is 1.01. The van der Waals surface area contributed by atoms with Crippen LogP contribution in [-0.2, 0) is 14.4 Å². The summed E-state index contributed by atoms with van der Waals surface area (Å²) in [5.74, 6) is 1.31. The minimum Gasteiger partial charge on any atom is -0.480 e. The first-order valence-electron chi connectivity index (χ1n) is 8.68. The Morgan fingerprint density at radius 2 is 1.74 bits per heavy atom. The Morgan fingerprint density at radius 3 is 2.26 bits per heavy atom. The van der Waals surface area contributed by atoms with Crippen molar-refractivity contribution < 1.29 is 19.5 Å². The number of hydrogen-bond acceptors (Lipinski definition) is 3. The summed E-state index contributed by atoms with van der Waals surface area (Å²) in [5, 5.41) is 14.3. The molecule has 0 aromatic rings. The number of carboxylic acids is 1. The molecule has 3 N–H and O–H groups in total. The SMILES string of the molecule is CC(C)C[C@H](NC(=O)CNC(=O)C1C2C3CCC(C3)C12)C(=O)O. The second-order valence-electron chi connectivity index (χ2n) is 7.82. The predicted molar refractivity (Wildman–Crippen MR) is 83.3 cm³/mol. The molecule has 0 spiro atoms. The fourth-order valence-corrected chi connectivity index (χ4v) is 4.90. The summed E-state index contributed by atoms with van der Waals surface area (Å²) in [6.45, 7) is 3.68. The molecule has 0 aromatic heterocycles. The van der Waals surface area contributed by atoms with Crippen LogP contribution in [0.1, 0.15) is 39.5 Å². The van der Waals surface area contributed by atoms with Gasteiger partial charge in [0.2, 0.25) is 11.8 Å². The molecule has 6 heteroatoms. The molecule has 3 fully saturated rings. The van der Waals surface area contributed by atoms with Crippen molar-refractivity contribution in [3.63, 3.8) is 0 Å². The van der Waals surface area contributed by atoms with Crippen molar-refractivity contribution >= 4 is 17.8 Å². The van der Waals surface area contributed by atoms with Crippen molar-refractivity contribution in [2.24, 2.45) is 35.5 Å². The van der Waals surface area contributed by atoms with Gasteiger partial charge in [0.1, 0.15) is 6.04 Å². The molecule has 3 aliphatic carbocycles. The third-order valence-corrected chi connectivity index (χ3v) is 5.80. The van der Waals surface area contributed by atoms with Gasteiger partial charge in [0.25, 0.3) is 0 Å². The van der Waals surface area contributed by atoms with E-state index in [1.807, 2.05) is 13.8 Å². The number of hydrogen-bond donors (Lipinski definition) is 3. The highest BCUT2D eigenvalue weighted by Gasteiger charge is 2.67. The summed E-state index contributed by atoms with van der Waals surface area (Å²) in [6, 6.07) is -0.893. The van der Waals surface area contributed by atoms with E-state index in [9.17, 15) is 14.4 Å². The van der Waals surface area contributed by atoms with Crippen LogP contribution in [0, 0.1) is 35.5 Å². The maximum Gasteiger partial charge on any atom is 0.326 e. The maximum atomic E-state index is 12.2. The van der Waals surface area contributed by atoms with E-state index in [1.165, 1.54) is 19.3 Å². The van der Waals surface area contributed by atoms with Gasteiger partial charge in [0, 0.05) is 5.92 Å². The van der Waals surface area contributed by atoms with Gasteiger partial charge in [-0.25, -0.2) is 4.79 Å². The number of carbonyl (C=O) groups is 3. The lowest BCUT2D eigenvalue weighted by Gasteiger charge is -2.17. The Morgan fingerprint density at radius 1 is 1.13 bits per heavy atom. The molecule has 0 aromatic carbocycles. The number of nitrogens with one attached hydrogen (secondary N) is 2. The van der Waals surface area contributed by atoms with Crippen molar-refractivity contribution in [3.05, 3.63) is 0 Å². The molecule has 5 atom stereocenters. The fourth-order valence-electron chi connectivity index (χ4n) is 4.90. The van der Waals surface area contributed by atoms with Crippen LogP contribution in [0.15, 0.2) is 0 Å². The maximum absolute atomic E-state index is 12.2. The van der Waals surface area contributed by atoms with Crippen molar-refractivity contribution in [1.29, 1.82) is 0 Å². The van der Waals surface area contributed by atoms with E-state index in [2.05, 4.69) is 10.6 Å². The van der Waals surface area contributed by atoms with E-state index < -0.39 is 17.9 Å². The van der Waals surface area contributed by atoms with Gasteiger partial charge in [-0.2, -0.15) is 0 Å². The molecule has 128 valence electrons. The lowest BCUT2D eigenvalue weighted by atomic mass is 10.0. The molecule has 0 heterocycles. The second-order valence-corrected chi connectivity index (χ2v) is 7.82. The van der Waals surface area contributed by atoms with Crippen LogP contribution in [-0.4, -0.2) is 35.5 Å². The number of carboxylic acid groups (broad SMARTS) is 1.